The Morgan fingerprint density at radius 3 is 2.73 bits per heavy atom. The average molecular weight is 302 g/mol. The van der Waals surface area contributed by atoms with Gasteiger partial charge in [0.15, 0.2) is 0 Å². The molecular weight excluding hydrogens is 287 g/mol. The summed E-state index contributed by atoms with van der Waals surface area (Å²) >= 11 is 0. The van der Waals surface area contributed by atoms with Crippen LogP contribution in [0.4, 0.5) is 10.2 Å². The van der Waals surface area contributed by atoms with Crippen molar-refractivity contribution < 1.29 is 13.9 Å². The minimum atomic E-state index is -0.276. The molecule has 1 amide bonds. The number of halogens is 1. The van der Waals surface area contributed by atoms with E-state index in [9.17, 15) is 9.18 Å². The first kappa shape index (κ1) is 14.2. The van der Waals surface area contributed by atoms with Crippen LogP contribution in [-0.4, -0.2) is 23.0 Å². The molecule has 22 heavy (non-hydrogen) atoms. The van der Waals surface area contributed by atoms with Gasteiger partial charge >= 0.3 is 0 Å². The molecule has 0 saturated heterocycles. The number of methoxy groups -OCH3 is 1. The number of hydrogen-bond donors (Lipinski definition) is 2. The van der Waals surface area contributed by atoms with E-state index in [1.165, 1.54) is 31.6 Å². The van der Waals surface area contributed by atoms with E-state index >= 15 is 0 Å². The SMILES string of the molecule is COc1nccnc1NNC(=O)[C@@H]1C[C@H]1c1ccc(F)cc1. The van der Waals surface area contributed by atoms with Crippen molar-refractivity contribution in [1.29, 1.82) is 0 Å². The van der Waals surface area contributed by atoms with Crippen molar-refractivity contribution in [2.45, 2.75) is 12.3 Å². The molecule has 0 bridgehead atoms. The van der Waals surface area contributed by atoms with Crippen molar-refractivity contribution in [3.63, 3.8) is 0 Å². The smallest absolute Gasteiger partial charge is 0.258 e. The van der Waals surface area contributed by atoms with Gasteiger partial charge in [-0.25, -0.2) is 14.4 Å². The third-order valence-corrected chi connectivity index (χ3v) is 3.59. The first-order valence-electron chi connectivity index (χ1n) is 6.85. The van der Waals surface area contributed by atoms with Gasteiger partial charge in [0.2, 0.25) is 11.7 Å². The molecule has 0 unspecified atom stereocenters. The van der Waals surface area contributed by atoms with Gasteiger partial charge in [-0.3, -0.25) is 15.6 Å². The van der Waals surface area contributed by atoms with Crippen molar-refractivity contribution in [2.75, 3.05) is 12.5 Å². The van der Waals surface area contributed by atoms with E-state index in [1.54, 1.807) is 12.1 Å². The molecule has 1 aromatic heterocycles. The van der Waals surface area contributed by atoms with Crippen LogP contribution in [0.15, 0.2) is 36.7 Å². The molecule has 2 atom stereocenters. The van der Waals surface area contributed by atoms with Gasteiger partial charge in [0, 0.05) is 18.3 Å². The summed E-state index contributed by atoms with van der Waals surface area (Å²) in [5.41, 5.74) is 6.28. The zero-order chi connectivity index (χ0) is 15.5. The monoisotopic (exact) mass is 302 g/mol. The fourth-order valence-corrected chi connectivity index (χ4v) is 2.34. The fraction of sp³-hybridized carbons (Fsp3) is 0.267. The summed E-state index contributed by atoms with van der Waals surface area (Å²) < 4.78 is 17.9. The lowest BCUT2D eigenvalue weighted by Gasteiger charge is -2.09. The number of nitrogens with zero attached hydrogens (tertiary/aromatic N) is 2. The van der Waals surface area contributed by atoms with E-state index in [-0.39, 0.29) is 23.6 Å². The number of aromatic nitrogens is 2. The topological polar surface area (TPSA) is 76.1 Å². The van der Waals surface area contributed by atoms with Gasteiger partial charge in [0.05, 0.1) is 7.11 Å². The molecule has 0 radical (unpaired) electrons. The number of hydrazine groups is 1. The summed E-state index contributed by atoms with van der Waals surface area (Å²) in [6, 6.07) is 6.25. The van der Waals surface area contributed by atoms with Gasteiger partial charge < -0.3 is 4.74 Å². The molecule has 1 saturated carbocycles. The summed E-state index contributed by atoms with van der Waals surface area (Å²) in [4.78, 5) is 20.1. The molecule has 0 aliphatic heterocycles. The molecule has 114 valence electrons. The molecule has 3 rings (SSSR count). The molecule has 2 N–H and O–H groups in total. The maximum Gasteiger partial charge on any atom is 0.258 e. The van der Waals surface area contributed by atoms with Crippen molar-refractivity contribution in [2.24, 2.45) is 5.92 Å². The summed E-state index contributed by atoms with van der Waals surface area (Å²) in [6.45, 7) is 0. The number of carbonyl (C=O) groups is 1. The number of hydrogen-bond acceptors (Lipinski definition) is 5. The quantitative estimate of drug-likeness (QED) is 0.825. The molecule has 2 aromatic rings. The Morgan fingerprint density at radius 2 is 2.00 bits per heavy atom. The van der Waals surface area contributed by atoms with Crippen molar-refractivity contribution in [3.8, 4) is 5.88 Å². The number of carbonyl (C=O) groups excluding carboxylic acids is 1. The van der Waals surface area contributed by atoms with Crippen molar-refractivity contribution >= 4 is 11.7 Å². The highest BCUT2D eigenvalue weighted by molar-refractivity contribution is 5.83. The second kappa shape index (κ2) is 5.97. The van der Waals surface area contributed by atoms with Gasteiger partial charge in [-0.2, -0.15) is 0 Å². The van der Waals surface area contributed by atoms with Crippen LogP contribution in [0.3, 0.4) is 0 Å². The molecule has 6 nitrogen and oxygen atoms in total. The predicted molar refractivity (Wildman–Crippen MR) is 77.6 cm³/mol. The Bertz CT molecular complexity index is 677. The normalized spacial score (nSPS) is 19.4. The fourth-order valence-electron chi connectivity index (χ4n) is 2.34. The van der Waals surface area contributed by atoms with Crippen LogP contribution in [0, 0.1) is 11.7 Å². The van der Waals surface area contributed by atoms with E-state index in [4.69, 9.17) is 4.74 Å². The molecule has 1 fully saturated rings. The van der Waals surface area contributed by atoms with Gasteiger partial charge in [-0.05, 0) is 30.0 Å². The Kier molecular flexibility index (Phi) is 3.86. The zero-order valence-corrected chi connectivity index (χ0v) is 11.9. The van der Waals surface area contributed by atoms with Crippen molar-refractivity contribution in [3.05, 3.63) is 48.0 Å². The minimum Gasteiger partial charge on any atom is -0.478 e. The highest BCUT2D eigenvalue weighted by atomic mass is 19.1. The number of rotatable bonds is 5. The molecule has 1 aliphatic rings. The summed E-state index contributed by atoms with van der Waals surface area (Å²) in [5, 5.41) is 0. The Hall–Kier alpha value is -2.70. The first-order chi connectivity index (χ1) is 10.7. The third-order valence-electron chi connectivity index (χ3n) is 3.59. The lowest BCUT2D eigenvalue weighted by Crippen LogP contribution is -2.31. The second-order valence-corrected chi connectivity index (χ2v) is 5.03. The van der Waals surface area contributed by atoms with Gasteiger partial charge in [0.1, 0.15) is 5.82 Å². The van der Waals surface area contributed by atoms with E-state index in [0.29, 0.717) is 11.7 Å². The Balaban J connectivity index is 1.56. The molecular formula is C15H15FN4O2. The van der Waals surface area contributed by atoms with Crippen LogP contribution in [-0.2, 0) is 4.79 Å². The predicted octanol–water partition coefficient (Wildman–Crippen LogP) is 1.87. The first-order valence-corrected chi connectivity index (χ1v) is 6.85. The van der Waals surface area contributed by atoms with Crippen LogP contribution in [0.5, 0.6) is 5.88 Å². The van der Waals surface area contributed by atoms with E-state index in [1.807, 2.05) is 0 Å². The number of anilines is 1. The second-order valence-electron chi connectivity index (χ2n) is 5.03. The van der Waals surface area contributed by atoms with Crippen molar-refractivity contribution in [1.82, 2.24) is 15.4 Å². The number of nitrogens with one attached hydrogen (secondary N) is 2. The van der Waals surface area contributed by atoms with E-state index in [0.717, 1.165) is 12.0 Å². The van der Waals surface area contributed by atoms with E-state index in [2.05, 4.69) is 20.8 Å². The van der Waals surface area contributed by atoms with Crippen LogP contribution in [0.25, 0.3) is 0 Å². The molecule has 1 aromatic carbocycles. The molecule has 1 heterocycles. The molecule has 7 heteroatoms. The Labute approximate surface area is 126 Å². The summed E-state index contributed by atoms with van der Waals surface area (Å²) in [5.74, 6) is 0.238. The Morgan fingerprint density at radius 1 is 1.27 bits per heavy atom. The van der Waals surface area contributed by atoms with Crippen LogP contribution < -0.4 is 15.6 Å². The highest BCUT2D eigenvalue weighted by Crippen LogP contribution is 2.47. The number of benzene rings is 1. The standard InChI is InChI=1S/C15H15FN4O2/c1-22-15-13(17-6-7-18-15)19-20-14(21)12-8-11(12)9-2-4-10(16)5-3-9/h2-7,11-12H,8H2,1H3,(H,17,19)(H,20,21)/t11-,12+/m0/s1. The maximum atomic E-state index is 12.9. The number of ether oxygens (including phenoxy) is 1. The van der Waals surface area contributed by atoms with Gasteiger partial charge in [-0.1, -0.05) is 12.1 Å². The minimum absolute atomic E-state index is 0.124. The summed E-state index contributed by atoms with van der Waals surface area (Å²) in [6.07, 6.45) is 3.74. The number of amides is 1. The zero-order valence-electron chi connectivity index (χ0n) is 11.9. The molecule has 0 spiro atoms. The van der Waals surface area contributed by atoms with Crippen LogP contribution in [0.1, 0.15) is 17.9 Å². The highest BCUT2D eigenvalue weighted by Gasteiger charge is 2.44. The third kappa shape index (κ3) is 2.98. The lowest BCUT2D eigenvalue weighted by molar-refractivity contribution is -0.121. The van der Waals surface area contributed by atoms with Crippen LogP contribution in [0.2, 0.25) is 0 Å². The van der Waals surface area contributed by atoms with Crippen LogP contribution >= 0.6 is 0 Å². The summed E-state index contributed by atoms with van der Waals surface area (Å²) in [7, 11) is 1.47. The average Bonchev–Trinajstić information content (AvgIpc) is 3.34. The van der Waals surface area contributed by atoms with Gasteiger partial charge in [-0.15, -0.1) is 0 Å². The molecule has 1 aliphatic carbocycles. The van der Waals surface area contributed by atoms with E-state index < -0.39 is 0 Å². The largest absolute Gasteiger partial charge is 0.478 e. The van der Waals surface area contributed by atoms with Gasteiger partial charge in [0.25, 0.3) is 5.88 Å². The lowest BCUT2D eigenvalue weighted by atomic mass is 10.1. The maximum absolute atomic E-state index is 12.9.